The van der Waals surface area contributed by atoms with Gasteiger partial charge in [-0.05, 0) is 31.0 Å². The van der Waals surface area contributed by atoms with Crippen LogP contribution in [0, 0.1) is 5.82 Å². The molecule has 0 spiro atoms. The van der Waals surface area contributed by atoms with Crippen molar-refractivity contribution >= 4 is 0 Å². The second kappa shape index (κ2) is 5.83. The summed E-state index contributed by atoms with van der Waals surface area (Å²) in [6.45, 7) is 4.42. The maximum absolute atomic E-state index is 12.9. The number of aliphatic hydroxyl groups excluding tert-OH is 1. The van der Waals surface area contributed by atoms with Gasteiger partial charge in [0.15, 0.2) is 0 Å². The lowest BCUT2D eigenvalue weighted by Crippen LogP contribution is -2.28. The van der Waals surface area contributed by atoms with Gasteiger partial charge in [0.2, 0.25) is 0 Å². The van der Waals surface area contributed by atoms with E-state index in [-0.39, 0.29) is 18.0 Å². The molecule has 2 unspecified atom stereocenters. The fraction of sp³-hybridized carbons (Fsp3) is 0.500. The normalized spacial score (nSPS) is 14.9. The van der Waals surface area contributed by atoms with E-state index in [0.717, 1.165) is 12.0 Å². The fourth-order valence-electron chi connectivity index (χ4n) is 1.35. The minimum absolute atomic E-state index is 0.0573. The molecule has 1 rings (SSSR count). The van der Waals surface area contributed by atoms with E-state index < -0.39 is 0 Å². The monoisotopic (exact) mass is 211 g/mol. The topological polar surface area (TPSA) is 32.3 Å². The van der Waals surface area contributed by atoms with Gasteiger partial charge in [0.05, 0.1) is 6.10 Å². The largest absolute Gasteiger partial charge is 0.392 e. The summed E-state index contributed by atoms with van der Waals surface area (Å²) in [5.41, 5.74) is 0.901. The average molecular weight is 211 g/mol. The highest BCUT2D eigenvalue weighted by Crippen LogP contribution is 2.13. The van der Waals surface area contributed by atoms with Gasteiger partial charge < -0.3 is 10.4 Å². The molecule has 15 heavy (non-hydrogen) atoms. The summed E-state index contributed by atoms with van der Waals surface area (Å²) in [6.07, 6.45) is 0.393. The maximum atomic E-state index is 12.9. The van der Waals surface area contributed by atoms with Gasteiger partial charge >= 0.3 is 0 Å². The first kappa shape index (κ1) is 12.1. The maximum Gasteiger partial charge on any atom is 0.123 e. The Kier molecular flexibility index (Phi) is 4.72. The van der Waals surface area contributed by atoms with Crippen molar-refractivity contribution in [2.75, 3.05) is 6.54 Å². The molecule has 0 bridgehead atoms. The van der Waals surface area contributed by atoms with E-state index in [0.29, 0.717) is 6.54 Å². The highest BCUT2D eigenvalue weighted by atomic mass is 19.1. The summed E-state index contributed by atoms with van der Waals surface area (Å²) in [7, 11) is 0. The molecule has 0 saturated carbocycles. The Labute approximate surface area is 90.1 Å². The molecule has 0 radical (unpaired) electrons. The molecular weight excluding hydrogens is 193 g/mol. The molecule has 1 aromatic rings. The van der Waals surface area contributed by atoms with Crippen LogP contribution in [0.4, 0.5) is 4.39 Å². The Morgan fingerprint density at radius 1 is 1.47 bits per heavy atom. The van der Waals surface area contributed by atoms with E-state index >= 15 is 0 Å². The number of benzene rings is 1. The van der Waals surface area contributed by atoms with Crippen LogP contribution < -0.4 is 5.32 Å². The van der Waals surface area contributed by atoms with E-state index in [1.807, 2.05) is 19.9 Å². The number of halogens is 1. The molecule has 0 saturated heterocycles. The number of nitrogens with one attached hydrogen (secondary N) is 1. The van der Waals surface area contributed by atoms with Crippen LogP contribution in [0.5, 0.6) is 0 Å². The van der Waals surface area contributed by atoms with Gasteiger partial charge in [-0.2, -0.15) is 0 Å². The summed E-state index contributed by atoms with van der Waals surface area (Å²) in [4.78, 5) is 0. The standard InChI is InChI=1S/C12H18FNO/c1-3-12(15)8-14-9(2)10-5-4-6-11(13)7-10/h4-7,9,12,14-15H,3,8H2,1-2H3. The van der Waals surface area contributed by atoms with E-state index in [9.17, 15) is 9.50 Å². The summed E-state index contributed by atoms with van der Waals surface area (Å²) >= 11 is 0. The van der Waals surface area contributed by atoms with Crippen LogP contribution >= 0.6 is 0 Å². The van der Waals surface area contributed by atoms with Crippen molar-refractivity contribution in [2.45, 2.75) is 32.4 Å². The number of hydrogen-bond acceptors (Lipinski definition) is 2. The minimum Gasteiger partial charge on any atom is -0.392 e. The molecule has 0 aliphatic rings. The van der Waals surface area contributed by atoms with Crippen LogP contribution in [-0.2, 0) is 0 Å². The number of rotatable bonds is 5. The summed E-state index contributed by atoms with van der Waals surface area (Å²) in [6, 6.07) is 6.56. The molecule has 0 heterocycles. The molecular formula is C12H18FNO. The van der Waals surface area contributed by atoms with E-state index in [1.165, 1.54) is 12.1 Å². The van der Waals surface area contributed by atoms with Crippen LogP contribution in [-0.4, -0.2) is 17.8 Å². The molecule has 0 aromatic heterocycles. The third kappa shape index (κ3) is 3.98. The van der Waals surface area contributed by atoms with Crippen molar-refractivity contribution in [1.82, 2.24) is 5.32 Å². The Morgan fingerprint density at radius 3 is 2.80 bits per heavy atom. The quantitative estimate of drug-likeness (QED) is 0.783. The van der Waals surface area contributed by atoms with Crippen molar-refractivity contribution in [1.29, 1.82) is 0 Å². The molecule has 2 N–H and O–H groups in total. The zero-order chi connectivity index (χ0) is 11.3. The van der Waals surface area contributed by atoms with Crippen molar-refractivity contribution in [3.8, 4) is 0 Å². The van der Waals surface area contributed by atoms with Gasteiger partial charge in [-0.3, -0.25) is 0 Å². The summed E-state index contributed by atoms with van der Waals surface area (Å²) in [5.74, 6) is -0.225. The minimum atomic E-state index is -0.332. The predicted molar refractivity (Wildman–Crippen MR) is 59.1 cm³/mol. The summed E-state index contributed by atoms with van der Waals surface area (Å²) in [5, 5.41) is 12.5. The molecule has 0 amide bonds. The van der Waals surface area contributed by atoms with E-state index in [1.54, 1.807) is 6.07 Å². The van der Waals surface area contributed by atoms with Gasteiger partial charge in [-0.25, -0.2) is 4.39 Å². The number of hydrogen-bond donors (Lipinski definition) is 2. The second-order valence-corrected chi connectivity index (χ2v) is 3.75. The lowest BCUT2D eigenvalue weighted by Gasteiger charge is -2.16. The van der Waals surface area contributed by atoms with Gasteiger partial charge in [0, 0.05) is 12.6 Å². The summed E-state index contributed by atoms with van der Waals surface area (Å²) < 4.78 is 12.9. The van der Waals surface area contributed by atoms with Crippen LogP contribution in [0.1, 0.15) is 31.9 Å². The molecule has 2 atom stereocenters. The smallest absolute Gasteiger partial charge is 0.123 e. The van der Waals surface area contributed by atoms with Crippen molar-refractivity contribution in [3.63, 3.8) is 0 Å². The molecule has 1 aromatic carbocycles. The highest BCUT2D eigenvalue weighted by molar-refractivity contribution is 5.19. The zero-order valence-electron chi connectivity index (χ0n) is 9.20. The first-order valence-electron chi connectivity index (χ1n) is 5.30. The second-order valence-electron chi connectivity index (χ2n) is 3.75. The highest BCUT2D eigenvalue weighted by Gasteiger charge is 2.07. The van der Waals surface area contributed by atoms with Crippen LogP contribution in [0.25, 0.3) is 0 Å². The third-order valence-electron chi connectivity index (χ3n) is 2.48. The van der Waals surface area contributed by atoms with Crippen LogP contribution in [0.2, 0.25) is 0 Å². The van der Waals surface area contributed by atoms with Gasteiger partial charge in [0.25, 0.3) is 0 Å². The SMILES string of the molecule is CCC(O)CNC(C)c1cccc(F)c1. The van der Waals surface area contributed by atoms with Gasteiger partial charge in [-0.15, -0.1) is 0 Å². The van der Waals surface area contributed by atoms with Crippen molar-refractivity contribution < 1.29 is 9.50 Å². The van der Waals surface area contributed by atoms with Crippen LogP contribution in [0.15, 0.2) is 24.3 Å². The van der Waals surface area contributed by atoms with E-state index in [2.05, 4.69) is 5.32 Å². The predicted octanol–water partition coefficient (Wildman–Crippen LogP) is 2.25. The Morgan fingerprint density at radius 2 is 2.20 bits per heavy atom. The molecule has 3 heteroatoms. The first-order valence-corrected chi connectivity index (χ1v) is 5.30. The molecule has 0 fully saturated rings. The van der Waals surface area contributed by atoms with Gasteiger partial charge in [0.1, 0.15) is 5.82 Å². The average Bonchev–Trinajstić information content (AvgIpc) is 2.25. The Hall–Kier alpha value is -0.930. The van der Waals surface area contributed by atoms with Crippen LogP contribution in [0.3, 0.4) is 0 Å². The zero-order valence-corrected chi connectivity index (χ0v) is 9.20. The lowest BCUT2D eigenvalue weighted by molar-refractivity contribution is 0.163. The van der Waals surface area contributed by atoms with Gasteiger partial charge in [-0.1, -0.05) is 19.1 Å². The molecule has 84 valence electrons. The molecule has 0 aliphatic carbocycles. The number of aliphatic hydroxyl groups is 1. The molecule has 0 aliphatic heterocycles. The lowest BCUT2D eigenvalue weighted by atomic mass is 10.1. The first-order chi connectivity index (χ1) is 7.13. The van der Waals surface area contributed by atoms with Crippen molar-refractivity contribution in [2.24, 2.45) is 0 Å². The third-order valence-corrected chi connectivity index (χ3v) is 2.48. The Balaban J connectivity index is 2.50. The molecule has 2 nitrogen and oxygen atoms in total. The van der Waals surface area contributed by atoms with E-state index in [4.69, 9.17) is 0 Å². The Bertz CT molecular complexity index is 303. The van der Waals surface area contributed by atoms with Crippen molar-refractivity contribution in [3.05, 3.63) is 35.6 Å². The fourth-order valence-corrected chi connectivity index (χ4v) is 1.35.